The number of rotatable bonds is 10. The Morgan fingerprint density at radius 3 is 2.36 bits per heavy atom. The van der Waals surface area contributed by atoms with Gasteiger partial charge in [-0.1, -0.05) is 6.07 Å². The molecule has 8 atom stereocenters. The van der Waals surface area contributed by atoms with Crippen molar-refractivity contribution in [1.29, 1.82) is 0 Å². The maximum atomic E-state index is 11.9. The Kier molecular flexibility index (Phi) is 9.97. The topological polar surface area (TPSA) is 227 Å². The second-order valence-electron chi connectivity index (χ2n) is 7.37. The average Bonchev–Trinajstić information content (AvgIpc) is 2.80. The predicted octanol–water partition coefficient (Wildman–Crippen LogP) is -3.45. The zero-order valence-corrected chi connectivity index (χ0v) is 17.3. The van der Waals surface area contributed by atoms with E-state index in [1.165, 1.54) is 24.3 Å². The summed E-state index contributed by atoms with van der Waals surface area (Å²) in [5, 5.41) is 86.3. The van der Waals surface area contributed by atoms with E-state index >= 15 is 0 Å². The van der Waals surface area contributed by atoms with Gasteiger partial charge in [-0.3, -0.25) is 0 Å². The minimum atomic E-state index is -1.76. The van der Waals surface area contributed by atoms with Crippen molar-refractivity contribution in [3.05, 3.63) is 29.8 Å². The Balaban J connectivity index is 1.91. The molecule has 186 valence electrons. The Morgan fingerprint density at radius 1 is 1.03 bits per heavy atom. The molecule has 13 nitrogen and oxygen atoms in total. The number of ether oxygens (including phenoxy) is 3. The highest BCUT2D eigenvalue weighted by Crippen LogP contribution is 2.25. The summed E-state index contributed by atoms with van der Waals surface area (Å²) in [5.41, 5.74) is 0.385. The lowest BCUT2D eigenvalue weighted by molar-refractivity contribution is -0.307. The van der Waals surface area contributed by atoms with E-state index in [0.29, 0.717) is 5.56 Å². The van der Waals surface area contributed by atoms with Gasteiger partial charge in [0, 0.05) is 6.08 Å². The summed E-state index contributed by atoms with van der Waals surface area (Å²) in [6.07, 6.45) is -10.9. The number of aliphatic hydroxyl groups excluding tert-OH is 7. The second-order valence-corrected chi connectivity index (χ2v) is 7.37. The summed E-state index contributed by atoms with van der Waals surface area (Å²) in [6.45, 7) is -2.04. The summed E-state index contributed by atoms with van der Waals surface area (Å²) < 4.78 is 15.3. The molecule has 0 aromatic heterocycles. The quantitative estimate of drug-likeness (QED) is 0.0910. The Bertz CT molecular complexity index is 800. The molecule has 0 bridgehead atoms. The van der Waals surface area contributed by atoms with Gasteiger partial charge in [-0.25, -0.2) is 4.79 Å². The summed E-state index contributed by atoms with van der Waals surface area (Å²) in [4.78, 5) is 11.9. The van der Waals surface area contributed by atoms with Crippen molar-refractivity contribution in [2.75, 3.05) is 19.8 Å². The van der Waals surface area contributed by atoms with Crippen LogP contribution < -0.4 is 0 Å². The number of aromatic hydroxyl groups is 2. The molecule has 1 saturated heterocycles. The highest BCUT2D eigenvalue weighted by Gasteiger charge is 2.45. The number of phenols is 2. The van der Waals surface area contributed by atoms with E-state index in [9.17, 15) is 45.6 Å². The average molecular weight is 476 g/mol. The van der Waals surface area contributed by atoms with Gasteiger partial charge in [-0.2, -0.15) is 0 Å². The molecule has 0 aliphatic carbocycles. The molecular weight excluding hydrogens is 448 g/mol. The highest BCUT2D eigenvalue weighted by atomic mass is 16.7. The lowest BCUT2D eigenvalue weighted by atomic mass is 9.99. The van der Waals surface area contributed by atoms with Gasteiger partial charge in [-0.15, -0.1) is 0 Å². The molecule has 33 heavy (non-hydrogen) atoms. The van der Waals surface area contributed by atoms with Crippen LogP contribution in [-0.2, 0) is 19.0 Å². The fraction of sp³-hybridized carbons (Fsp3) is 0.550. The van der Waals surface area contributed by atoms with E-state index in [4.69, 9.17) is 19.3 Å². The first kappa shape index (κ1) is 26.9. The van der Waals surface area contributed by atoms with Gasteiger partial charge in [-0.05, 0) is 23.8 Å². The Morgan fingerprint density at radius 2 is 1.73 bits per heavy atom. The first-order valence-electron chi connectivity index (χ1n) is 9.88. The molecule has 1 aliphatic rings. The van der Waals surface area contributed by atoms with Crippen molar-refractivity contribution < 1.29 is 65.0 Å². The van der Waals surface area contributed by atoms with Gasteiger partial charge in [0.05, 0.1) is 13.2 Å². The minimum Gasteiger partial charge on any atom is -0.504 e. The molecule has 0 spiro atoms. The van der Waals surface area contributed by atoms with Crippen LogP contribution in [-0.4, -0.2) is 121 Å². The van der Waals surface area contributed by atoms with E-state index in [-0.39, 0.29) is 11.5 Å². The van der Waals surface area contributed by atoms with Crippen molar-refractivity contribution in [3.8, 4) is 11.5 Å². The van der Waals surface area contributed by atoms with Crippen molar-refractivity contribution in [2.45, 2.75) is 49.0 Å². The van der Waals surface area contributed by atoms with Crippen molar-refractivity contribution in [1.82, 2.24) is 0 Å². The number of aliphatic hydroxyl groups is 7. The van der Waals surface area contributed by atoms with E-state index in [1.807, 2.05) is 0 Å². The Labute approximate surface area is 187 Å². The first-order valence-corrected chi connectivity index (χ1v) is 9.88. The van der Waals surface area contributed by atoms with Crippen LogP contribution in [0.2, 0.25) is 0 Å². The first-order chi connectivity index (χ1) is 15.5. The fourth-order valence-corrected chi connectivity index (χ4v) is 2.87. The molecular formula is C20H28O13. The van der Waals surface area contributed by atoms with E-state index in [0.717, 1.165) is 6.08 Å². The van der Waals surface area contributed by atoms with Gasteiger partial charge in [0.1, 0.15) is 49.3 Å². The van der Waals surface area contributed by atoms with Crippen LogP contribution >= 0.6 is 0 Å². The number of hydrogen-bond acceptors (Lipinski definition) is 13. The van der Waals surface area contributed by atoms with Crippen LogP contribution in [0.1, 0.15) is 5.56 Å². The molecule has 1 aromatic carbocycles. The summed E-state index contributed by atoms with van der Waals surface area (Å²) >= 11 is 0. The van der Waals surface area contributed by atoms with E-state index < -0.39 is 74.8 Å². The third kappa shape index (κ3) is 7.33. The van der Waals surface area contributed by atoms with Gasteiger partial charge in [0.25, 0.3) is 0 Å². The van der Waals surface area contributed by atoms with Crippen LogP contribution in [0.4, 0.5) is 0 Å². The molecule has 1 heterocycles. The van der Waals surface area contributed by atoms with Crippen LogP contribution in [0.15, 0.2) is 24.3 Å². The molecule has 0 saturated carbocycles. The normalized spacial score (nSPS) is 28.4. The van der Waals surface area contributed by atoms with Gasteiger partial charge in [0.2, 0.25) is 0 Å². The highest BCUT2D eigenvalue weighted by molar-refractivity contribution is 5.87. The summed E-state index contributed by atoms with van der Waals surface area (Å²) in [5.74, 6) is -1.58. The smallest absolute Gasteiger partial charge is 0.330 e. The largest absolute Gasteiger partial charge is 0.504 e. The number of carbonyl (C=O) groups excluding carboxylic acids is 1. The minimum absolute atomic E-state index is 0.331. The fourth-order valence-electron chi connectivity index (χ4n) is 2.87. The maximum absolute atomic E-state index is 11.9. The lowest BCUT2D eigenvalue weighted by Crippen LogP contribution is -2.60. The van der Waals surface area contributed by atoms with E-state index in [2.05, 4.69) is 0 Å². The molecule has 1 fully saturated rings. The SMILES string of the molecule is O=C(C=Cc1ccc(O)c(O)c1)OC[C@H]1O[C@@H](OC[C@@H](O)[C@@H](O)[C@H](O)CO)[C@H](O)[C@@H](O)[C@@H]1O. The summed E-state index contributed by atoms with van der Waals surface area (Å²) in [7, 11) is 0. The number of hydrogen-bond donors (Lipinski definition) is 9. The third-order valence-corrected chi connectivity index (χ3v) is 4.88. The maximum Gasteiger partial charge on any atom is 0.330 e. The van der Waals surface area contributed by atoms with Gasteiger partial charge < -0.3 is 60.2 Å². The molecule has 0 radical (unpaired) electrons. The molecule has 9 N–H and O–H groups in total. The summed E-state index contributed by atoms with van der Waals surface area (Å²) in [6, 6.07) is 3.86. The zero-order valence-electron chi connectivity index (χ0n) is 17.3. The van der Waals surface area contributed by atoms with E-state index in [1.54, 1.807) is 0 Å². The number of carbonyl (C=O) groups is 1. The molecule has 0 amide bonds. The number of esters is 1. The molecule has 13 heteroatoms. The zero-order chi connectivity index (χ0) is 24.7. The predicted molar refractivity (Wildman–Crippen MR) is 108 cm³/mol. The van der Waals surface area contributed by atoms with Crippen molar-refractivity contribution in [2.24, 2.45) is 0 Å². The van der Waals surface area contributed by atoms with Crippen LogP contribution in [0.5, 0.6) is 11.5 Å². The molecule has 0 unspecified atom stereocenters. The van der Waals surface area contributed by atoms with Crippen LogP contribution in [0.3, 0.4) is 0 Å². The van der Waals surface area contributed by atoms with Gasteiger partial charge in [0.15, 0.2) is 17.8 Å². The second kappa shape index (κ2) is 12.2. The van der Waals surface area contributed by atoms with Crippen molar-refractivity contribution >= 4 is 12.0 Å². The lowest BCUT2D eigenvalue weighted by Gasteiger charge is -2.40. The Hall–Kier alpha value is -2.33. The molecule has 1 aromatic rings. The van der Waals surface area contributed by atoms with Gasteiger partial charge >= 0.3 is 5.97 Å². The molecule has 2 rings (SSSR count). The number of phenolic OH excluding ortho intramolecular Hbond substituents is 2. The van der Waals surface area contributed by atoms with Crippen molar-refractivity contribution in [3.63, 3.8) is 0 Å². The monoisotopic (exact) mass is 476 g/mol. The standard InChI is InChI=1S/C20H28O13/c21-6-12(24)16(27)13(25)7-32-20-19(30)18(29)17(28)14(33-20)8-31-15(26)4-2-9-1-3-10(22)11(23)5-9/h1-5,12-14,16-25,27-30H,6-8H2/t12-,13-,14-,16+,17-,18+,19-,20-/m1/s1. The van der Waals surface area contributed by atoms with Crippen LogP contribution in [0, 0.1) is 0 Å². The third-order valence-electron chi connectivity index (χ3n) is 4.88. The number of benzene rings is 1. The molecule has 1 aliphatic heterocycles. The van der Waals surface area contributed by atoms with Crippen LogP contribution in [0.25, 0.3) is 6.08 Å².